The third-order valence-electron chi connectivity index (χ3n) is 3.88. The largest absolute Gasteiger partial charge is 0.495 e. The summed E-state index contributed by atoms with van der Waals surface area (Å²) >= 11 is 0. The van der Waals surface area contributed by atoms with Crippen LogP contribution in [-0.4, -0.2) is 22.8 Å². The Labute approximate surface area is 150 Å². The second kappa shape index (κ2) is 7.69. The van der Waals surface area contributed by atoms with Crippen LogP contribution in [0.15, 0.2) is 57.9 Å². The molecule has 7 nitrogen and oxygen atoms in total. The van der Waals surface area contributed by atoms with Crippen molar-refractivity contribution in [2.45, 2.75) is 19.9 Å². The average molecular weight is 353 g/mol. The van der Waals surface area contributed by atoms with Crippen molar-refractivity contribution in [3.05, 3.63) is 64.6 Å². The van der Waals surface area contributed by atoms with Gasteiger partial charge in [-0.1, -0.05) is 13.0 Å². The number of amides is 1. The molecule has 0 aliphatic heterocycles. The van der Waals surface area contributed by atoms with Crippen molar-refractivity contribution in [3.8, 4) is 17.2 Å². The number of benzene rings is 1. The van der Waals surface area contributed by atoms with Crippen molar-refractivity contribution in [1.29, 1.82) is 0 Å². The molecular formula is C19H19N3O4. The summed E-state index contributed by atoms with van der Waals surface area (Å²) in [5.74, 6) is 0.720. The second-order valence-electron chi connectivity index (χ2n) is 5.63. The second-order valence-corrected chi connectivity index (χ2v) is 5.63. The first-order valence-electron chi connectivity index (χ1n) is 8.19. The summed E-state index contributed by atoms with van der Waals surface area (Å²) in [5, 5.41) is 6.94. The van der Waals surface area contributed by atoms with Gasteiger partial charge in [0.1, 0.15) is 18.0 Å². The SMILES string of the molecule is CCc1ccc(NC(=O)Cn2nc(-c3ccco3)ccc2=O)c(OC)c1. The Morgan fingerprint density at radius 2 is 2.12 bits per heavy atom. The van der Waals surface area contributed by atoms with Crippen LogP contribution in [0.1, 0.15) is 12.5 Å². The molecule has 0 unspecified atom stereocenters. The number of hydrogen-bond acceptors (Lipinski definition) is 5. The van der Waals surface area contributed by atoms with Crippen LogP contribution in [-0.2, 0) is 17.8 Å². The fourth-order valence-corrected chi connectivity index (χ4v) is 2.50. The molecule has 0 bridgehead atoms. The fourth-order valence-electron chi connectivity index (χ4n) is 2.50. The maximum atomic E-state index is 12.4. The molecule has 0 saturated carbocycles. The quantitative estimate of drug-likeness (QED) is 0.736. The summed E-state index contributed by atoms with van der Waals surface area (Å²) in [4.78, 5) is 24.4. The predicted octanol–water partition coefficient (Wildman–Crippen LogP) is 2.71. The molecule has 0 aliphatic carbocycles. The van der Waals surface area contributed by atoms with E-state index < -0.39 is 0 Å². The number of aromatic nitrogens is 2. The molecule has 0 fully saturated rings. The standard InChI is InChI=1S/C19H19N3O4/c1-3-13-6-7-14(17(11-13)25-2)20-18(23)12-22-19(24)9-8-15(21-22)16-5-4-10-26-16/h4-11H,3,12H2,1-2H3,(H,20,23). The third-order valence-corrected chi connectivity index (χ3v) is 3.88. The van der Waals surface area contributed by atoms with Crippen LogP contribution in [0.2, 0.25) is 0 Å². The number of ether oxygens (including phenoxy) is 1. The maximum absolute atomic E-state index is 12.4. The highest BCUT2D eigenvalue weighted by Gasteiger charge is 2.12. The normalized spacial score (nSPS) is 10.5. The van der Waals surface area contributed by atoms with Crippen LogP contribution >= 0.6 is 0 Å². The van der Waals surface area contributed by atoms with Crippen LogP contribution in [0.3, 0.4) is 0 Å². The molecule has 0 atom stereocenters. The van der Waals surface area contributed by atoms with E-state index in [1.807, 2.05) is 19.1 Å². The van der Waals surface area contributed by atoms with Crippen LogP contribution in [0.4, 0.5) is 5.69 Å². The van der Waals surface area contributed by atoms with E-state index in [9.17, 15) is 9.59 Å². The summed E-state index contributed by atoms with van der Waals surface area (Å²) in [6.07, 6.45) is 2.38. The lowest BCUT2D eigenvalue weighted by atomic mass is 10.1. The van der Waals surface area contributed by atoms with Crippen molar-refractivity contribution >= 4 is 11.6 Å². The van der Waals surface area contributed by atoms with E-state index in [-0.39, 0.29) is 18.0 Å². The third kappa shape index (κ3) is 3.83. The van der Waals surface area contributed by atoms with Gasteiger partial charge in [-0.05, 0) is 42.3 Å². The highest BCUT2D eigenvalue weighted by atomic mass is 16.5. The number of furan rings is 1. The number of rotatable bonds is 6. The number of methoxy groups -OCH3 is 1. The number of anilines is 1. The smallest absolute Gasteiger partial charge is 0.267 e. The lowest BCUT2D eigenvalue weighted by Crippen LogP contribution is -2.29. The molecule has 7 heteroatoms. The van der Waals surface area contributed by atoms with E-state index in [4.69, 9.17) is 9.15 Å². The molecular weight excluding hydrogens is 334 g/mol. The Balaban J connectivity index is 1.78. The highest BCUT2D eigenvalue weighted by molar-refractivity contribution is 5.92. The molecule has 26 heavy (non-hydrogen) atoms. The molecule has 2 aromatic heterocycles. The monoisotopic (exact) mass is 353 g/mol. The van der Waals surface area contributed by atoms with Gasteiger partial charge in [0.05, 0.1) is 19.1 Å². The fraction of sp³-hybridized carbons (Fsp3) is 0.211. The zero-order chi connectivity index (χ0) is 18.5. The van der Waals surface area contributed by atoms with Crippen molar-refractivity contribution in [2.75, 3.05) is 12.4 Å². The minimum absolute atomic E-state index is 0.216. The summed E-state index contributed by atoms with van der Waals surface area (Å²) < 4.78 is 11.7. The Morgan fingerprint density at radius 1 is 1.27 bits per heavy atom. The molecule has 0 saturated heterocycles. The molecule has 1 N–H and O–H groups in total. The minimum atomic E-state index is -0.376. The van der Waals surface area contributed by atoms with Gasteiger partial charge in [-0.3, -0.25) is 9.59 Å². The number of carbonyl (C=O) groups excluding carboxylic acids is 1. The number of hydrogen-bond donors (Lipinski definition) is 1. The van der Waals surface area contributed by atoms with E-state index in [0.29, 0.717) is 22.9 Å². The number of nitrogens with zero attached hydrogens (tertiary/aromatic N) is 2. The number of carbonyl (C=O) groups is 1. The van der Waals surface area contributed by atoms with Gasteiger partial charge in [0, 0.05) is 6.07 Å². The molecule has 2 heterocycles. The summed E-state index contributed by atoms with van der Waals surface area (Å²) in [6.45, 7) is 1.82. The van der Waals surface area contributed by atoms with Crippen LogP contribution < -0.4 is 15.6 Å². The lowest BCUT2D eigenvalue weighted by molar-refractivity contribution is -0.117. The van der Waals surface area contributed by atoms with Gasteiger partial charge in [0.2, 0.25) is 5.91 Å². The topological polar surface area (TPSA) is 86.4 Å². The first-order chi connectivity index (χ1) is 12.6. The Hall–Kier alpha value is -3.35. The predicted molar refractivity (Wildman–Crippen MR) is 97.2 cm³/mol. The summed E-state index contributed by atoms with van der Waals surface area (Å²) in [7, 11) is 1.54. The highest BCUT2D eigenvalue weighted by Crippen LogP contribution is 2.25. The zero-order valence-electron chi connectivity index (χ0n) is 14.6. The number of nitrogens with one attached hydrogen (secondary N) is 1. The van der Waals surface area contributed by atoms with E-state index in [1.54, 1.807) is 31.4 Å². The van der Waals surface area contributed by atoms with E-state index in [0.717, 1.165) is 16.7 Å². The van der Waals surface area contributed by atoms with Gasteiger partial charge in [-0.15, -0.1) is 0 Å². The molecule has 3 rings (SSSR count). The minimum Gasteiger partial charge on any atom is -0.495 e. The number of aryl methyl sites for hydroxylation is 1. The first kappa shape index (κ1) is 17.5. The van der Waals surface area contributed by atoms with Crippen molar-refractivity contribution in [2.24, 2.45) is 0 Å². The Morgan fingerprint density at radius 3 is 2.81 bits per heavy atom. The molecule has 3 aromatic rings. The van der Waals surface area contributed by atoms with Gasteiger partial charge in [-0.2, -0.15) is 5.10 Å². The Bertz CT molecular complexity index is 961. The van der Waals surface area contributed by atoms with Gasteiger partial charge in [0.25, 0.3) is 5.56 Å². The molecule has 134 valence electrons. The van der Waals surface area contributed by atoms with E-state index in [1.165, 1.54) is 12.3 Å². The van der Waals surface area contributed by atoms with Gasteiger partial charge < -0.3 is 14.5 Å². The van der Waals surface area contributed by atoms with Crippen molar-refractivity contribution in [3.63, 3.8) is 0 Å². The molecule has 0 aliphatic rings. The van der Waals surface area contributed by atoms with Gasteiger partial charge in [-0.25, -0.2) is 4.68 Å². The van der Waals surface area contributed by atoms with E-state index in [2.05, 4.69) is 10.4 Å². The van der Waals surface area contributed by atoms with Crippen LogP contribution in [0.5, 0.6) is 5.75 Å². The molecule has 0 radical (unpaired) electrons. The molecule has 1 aromatic carbocycles. The molecule has 0 spiro atoms. The Kier molecular flexibility index (Phi) is 5.17. The van der Waals surface area contributed by atoms with Gasteiger partial charge >= 0.3 is 0 Å². The van der Waals surface area contributed by atoms with Crippen molar-refractivity contribution < 1.29 is 13.9 Å². The van der Waals surface area contributed by atoms with Crippen molar-refractivity contribution in [1.82, 2.24) is 9.78 Å². The van der Waals surface area contributed by atoms with E-state index >= 15 is 0 Å². The van der Waals surface area contributed by atoms with Gasteiger partial charge in [0.15, 0.2) is 5.76 Å². The zero-order valence-corrected chi connectivity index (χ0v) is 14.6. The van der Waals surface area contributed by atoms with Crippen LogP contribution in [0, 0.1) is 0 Å². The lowest BCUT2D eigenvalue weighted by Gasteiger charge is -2.12. The maximum Gasteiger partial charge on any atom is 0.267 e. The average Bonchev–Trinajstić information content (AvgIpc) is 3.18. The molecule has 1 amide bonds. The first-order valence-corrected chi connectivity index (χ1v) is 8.19. The summed E-state index contributed by atoms with van der Waals surface area (Å²) in [6, 6.07) is 11.9. The van der Waals surface area contributed by atoms with Crippen LogP contribution in [0.25, 0.3) is 11.5 Å². The summed E-state index contributed by atoms with van der Waals surface area (Å²) in [5.41, 5.74) is 1.75.